The van der Waals surface area contributed by atoms with Gasteiger partial charge in [-0.3, -0.25) is 0 Å². The molecule has 3 heterocycles. The number of nitrogens with zero attached hydrogens (tertiary/aromatic N) is 3. The van der Waals surface area contributed by atoms with Gasteiger partial charge in [-0.2, -0.15) is 5.26 Å². The average molecular weight is 322 g/mol. The van der Waals surface area contributed by atoms with E-state index >= 15 is 0 Å². The fourth-order valence-electron chi connectivity index (χ4n) is 3.16. The van der Waals surface area contributed by atoms with Crippen molar-refractivity contribution in [1.82, 2.24) is 4.98 Å². The number of aromatic nitrogens is 1. The second-order valence-electron chi connectivity index (χ2n) is 5.96. The van der Waals surface area contributed by atoms with E-state index in [1.807, 2.05) is 12.1 Å². The van der Waals surface area contributed by atoms with Gasteiger partial charge >= 0.3 is 0 Å². The van der Waals surface area contributed by atoms with E-state index in [0.717, 1.165) is 17.9 Å². The van der Waals surface area contributed by atoms with Gasteiger partial charge in [-0.15, -0.1) is 0 Å². The SMILES string of the molecule is CC1COCCN1c1cc(C2(C#N)CCOCC2)cc(Cl)n1. The lowest BCUT2D eigenvalue weighted by Crippen LogP contribution is -2.44. The van der Waals surface area contributed by atoms with E-state index < -0.39 is 5.41 Å². The quantitative estimate of drug-likeness (QED) is 0.783. The highest BCUT2D eigenvalue weighted by atomic mass is 35.5. The summed E-state index contributed by atoms with van der Waals surface area (Å²) in [6.45, 7) is 5.48. The molecular weight excluding hydrogens is 302 g/mol. The Bertz CT molecular complexity index is 581. The summed E-state index contributed by atoms with van der Waals surface area (Å²) in [6, 6.07) is 6.58. The van der Waals surface area contributed by atoms with Crippen molar-refractivity contribution < 1.29 is 9.47 Å². The van der Waals surface area contributed by atoms with Crippen LogP contribution in [0.3, 0.4) is 0 Å². The molecule has 2 aliphatic rings. The van der Waals surface area contributed by atoms with Gasteiger partial charge in [0.2, 0.25) is 0 Å². The fraction of sp³-hybridized carbons (Fsp3) is 0.625. The third-order valence-electron chi connectivity index (χ3n) is 4.56. The predicted molar refractivity (Wildman–Crippen MR) is 84.2 cm³/mol. The Morgan fingerprint density at radius 3 is 2.77 bits per heavy atom. The van der Waals surface area contributed by atoms with E-state index in [4.69, 9.17) is 21.1 Å². The predicted octanol–water partition coefficient (Wildman–Crippen LogP) is 2.53. The van der Waals surface area contributed by atoms with Gasteiger partial charge in [0.25, 0.3) is 0 Å². The Morgan fingerprint density at radius 1 is 1.32 bits per heavy atom. The Labute approximate surface area is 135 Å². The first kappa shape index (κ1) is 15.5. The zero-order valence-electron chi connectivity index (χ0n) is 12.7. The zero-order valence-corrected chi connectivity index (χ0v) is 13.5. The van der Waals surface area contributed by atoms with Crippen molar-refractivity contribution in [2.24, 2.45) is 0 Å². The van der Waals surface area contributed by atoms with E-state index in [1.54, 1.807) is 0 Å². The molecule has 5 nitrogen and oxygen atoms in total. The van der Waals surface area contributed by atoms with Crippen LogP contribution >= 0.6 is 11.6 Å². The van der Waals surface area contributed by atoms with Crippen LogP contribution in [-0.2, 0) is 14.9 Å². The molecule has 118 valence electrons. The maximum atomic E-state index is 9.74. The molecule has 1 unspecified atom stereocenters. The van der Waals surface area contributed by atoms with Crippen LogP contribution in [-0.4, -0.2) is 44.0 Å². The second-order valence-corrected chi connectivity index (χ2v) is 6.35. The number of halogens is 1. The minimum absolute atomic E-state index is 0.250. The largest absolute Gasteiger partial charge is 0.381 e. The van der Waals surface area contributed by atoms with Crippen LogP contribution in [0, 0.1) is 11.3 Å². The maximum Gasteiger partial charge on any atom is 0.131 e. The monoisotopic (exact) mass is 321 g/mol. The minimum atomic E-state index is -0.519. The molecule has 0 aromatic carbocycles. The Hall–Kier alpha value is -1.35. The van der Waals surface area contributed by atoms with Gasteiger partial charge in [0.05, 0.1) is 30.7 Å². The van der Waals surface area contributed by atoms with Crippen LogP contribution < -0.4 is 4.90 Å². The average Bonchev–Trinajstić information content (AvgIpc) is 2.55. The topological polar surface area (TPSA) is 58.4 Å². The third kappa shape index (κ3) is 2.91. The van der Waals surface area contributed by atoms with Crippen molar-refractivity contribution >= 4 is 17.4 Å². The Balaban J connectivity index is 1.97. The summed E-state index contributed by atoms with van der Waals surface area (Å²) in [5, 5.41) is 10.2. The molecule has 2 fully saturated rings. The normalized spacial score (nSPS) is 24.8. The van der Waals surface area contributed by atoms with Gasteiger partial charge in [0, 0.05) is 19.8 Å². The number of hydrogen-bond acceptors (Lipinski definition) is 5. The molecule has 1 aromatic heterocycles. The summed E-state index contributed by atoms with van der Waals surface area (Å²) in [5.74, 6) is 0.833. The maximum absolute atomic E-state index is 9.74. The Kier molecular flexibility index (Phi) is 4.53. The van der Waals surface area contributed by atoms with Gasteiger partial charge in [0.1, 0.15) is 11.0 Å². The van der Waals surface area contributed by atoms with Crippen LogP contribution in [0.2, 0.25) is 5.15 Å². The van der Waals surface area contributed by atoms with Crippen LogP contribution in [0.15, 0.2) is 12.1 Å². The molecule has 0 spiro atoms. The molecule has 22 heavy (non-hydrogen) atoms. The molecule has 1 aromatic rings. The molecule has 1 atom stereocenters. The first-order valence-corrected chi connectivity index (χ1v) is 8.04. The summed E-state index contributed by atoms with van der Waals surface area (Å²) in [6.07, 6.45) is 1.39. The number of anilines is 1. The first-order valence-electron chi connectivity index (χ1n) is 7.66. The van der Waals surface area contributed by atoms with Gasteiger partial charge < -0.3 is 14.4 Å². The number of nitriles is 1. The van der Waals surface area contributed by atoms with E-state index in [9.17, 15) is 5.26 Å². The van der Waals surface area contributed by atoms with Crippen LogP contribution in [0.1, 0.15) is 25.3 Å². The smallest absolute Gasteiger partial charge is 0.131 e. The van der Waals surface area contributed by atoms with E-state index in [0.29, 0.717) is 44.4 Å². The molecule has 3 rings (SSSR count). The molecular formula is C16H20ClN3O2. The lowest BCUT2D eigenvalue weighted by molar-refractivity contribution is 0.0675. The molecule has 0 aliphatic carbocycles. The number of hydrogen-bond donors (Lipinski definition) is 0. The molecule has 0 N–H and O–H groups in total. The number of ether oxygens (including phenoxy) is 2. The minimum Gasteiger partial charge on any atom is -0.381 e. The van der Waals surface area contributed by atoms with Crippen LogP contribution in [0.5, 0.6) is 0 Å². The summed E-state index contributed by atoms with van der Waals surface area (Å²) in [7, 11) is 0. The van der Waals surface area contributed by atoms with Crippen LogP contribution in [0.25, 0.3) is 0 Å². The fourth-order valence-corrected chi connectivity index (χ4v) is 3.36. The van der Waals surface area contributed by atoms with Gasteiger partial charge in [0.15, 0.2) is 0 Å². The number of pyridine rings is 1. The standard InChI is InChI=1S/C16H20ClN3O2/c1-12-10-22-7-4-20(12)15-9-13(8-14(17)19-15)16(11-18)2-5-21-6-3-16/h8-9,12H,2-7,10H2,1H3. The third-order valence-corrected chi connectivity index (χ3v) is 4.75. The second kappa shape index (κ2) is 6.41. The zero-order chi connectivity index (χ0) is 15.6. The van der Waals surface area contributed by atoms with Crippen molar-refractivity contribution in [2.75, 3.05) is 37.9 Å². The Morgan fingerprint density at radius 2 is 2.09 bits per heavy atom. The summed E-state index contributed by atoms with van der Waals surface area (Å²) < 4.78 is 10.9. The van der Waals surface area contributed by atoms with Crippen LogP contribution in [0.4, 0.5) is 5.82 Å². The molecule has 0 bridgehead atoms. The highest BCUT2D eigenvalue weighted by Crippen LogP contribution is 2.37. The molecule has 0 saturated carbocycles. The molecule has 2 saturated heterocycles. The van der Waals surface area contributed by atoms with E-state index in [-0.39, 0.29) is 6.04 Å². The van der Waals surface area contributed by atoms with Gasteiger partial charge in [-0.25, -0.2) is 4.98 Å². The highest BCUT2D eigenvalue weighted by Gasteiger charge is 2.36. The summed E-state index contributed by atoms with van der Waals surface area (Å²) in [4.78, 5) is 6.66. The van der Waals surface area contributed by atoms with Crippen molar-refractivity contribution in [1.29, 1.82) is 5.26 Å². The molecule has 6 heteroatoms. The lowest BCUT2D eigenvalue weighted by Gasteiger charge is -2.36. The lowest BCUT2D eigenvalue weighted by atomic mass is 9.76. The molecule has 2 aliphatic heterocycles. The van der Waals surface area contributed by atoms with Crippen molar-refractivity contribution in [3.8, 4) is 6.07 Å². The molecule has 0 amide bonds. The highest BCUT2D eigenvalue weighted by molar-refractivity contribution is 6.29. The van der Waals surface area contributed by atoms with E-state index in [2.05, 4.69) is 22.9 Å². The van der Waals surface area contributed by atoms with E-state index in [1.165, 1.54) is 0 Å². The van der Waals surface area contributed by atoms with Crippen molar-refractivity contribution in [2.45, 2.75) is 31.2 Å². The number of rotatable bonds is 2. The molecule has 0 radical (unpaired) electrons. The van der Waals surface area contributed by atoms with Gasteiger partial charge in [-0.1, -0.05) is 11.6 Å². The summed E-state index contributed by atoms with van der Waals surface area (Å²) >= 11 is 6.25. The van der Waals surface area contributed by atoms with Gasteiger partial charge in [-0.05, 0) is 37.5 Å². The first-order chi connectivity index (χ1) is 10.6. The van der Waals surface area contributed by atoms with Crippen molar-refractivity contribution in [3.05, 3.63) is 22.8 Å². The number of morpholine rings is 1. The summed E-state index contributed by atoms with van der Waals surface area (Å²) in [5.41, 5.74) is 0.432. The van der Waals surface area contributed by atoms with Crippen molar-refractivity contribution in [3.63, 3.8) is 0 Å².